The molecular formula is C19H25N3O7S2. The number of nitrogens with one attached hydrogen (secondary N) is 1. The first-order chi connectivity index (χ1) is 14.4. The molecule has 2 aromatic carbocycles. The Balaban J connectivity index is 2.62. The fourth-order valence-corrected chi connectivity index (χ4v) is 5.86. The third kappa shape index (κ3) is 4.97. The first-order valence-electron chi connectivity index (χ1n) is 9.35. The average Bonchev–Trinajstić information content (AvgIpc) is 2.71. The van der Waals surface area contributed by atoms with E-state index in [2.05, 4.69) is 4.72 Å². The molecule has 31 heavy (non-hydrogen) atoms. The Morgan fingerprint density at radius 3 is 2.19 bits per heavy atom. The number of benzene rings is 2. The predicted octanol–water partition coefficient (Wildman–Crippen LogP) is 3.05. The number of nitrogens with zero attached hydrogens (tertiary/aromatic N) is 2. The smallest absolute Gasteiger partial charge is 0.271 e. The van der Waals surface area contributed by atoms with Gasteiger partial charge in [0.15, 0.2) is 0 Å². The number of hydrogen-bond acceptors (Lipinski definition) is 7. The van der Waals surface area contributed by atoms with Gasteiger partial charge in [-0.15, -0.1) is 0 Å². The predicted molar refractivity (Wildman–Crippen MR) is 116 cm³/mol. The van der Waals surface area contributed by atoms with Gasteiger partial charge in [-0.25, -0.2) is 16.8 Å². The van der Waals surface area contributed by atoms with Crippen LogP contribution in [0.2, 0.25) is 0 Å². The quantitative estimate of drug-likeness (QED) is 0.438. The molecule has 12 heteroatoms. The number of rotatable bonds is 9. The number of non-ortho nitro benzene ring substituents is 1. The molecule has 0 unspecified atom stereocenters. The number of hydrogen-bond donors (Lipinski definition) is 1. The Morgan fingerprint density at radius 1 is 1.06 bits per heavy atom. The van der Waals surface area contributed by atoms with Crippen LogP contribution in [0.25, 0.3) is 0 Å². The number of anilines is 1. The van der Waals surface area contributed by atoms with Gasteiger partial charge in [-0.3, -0.25) is 14.8 Å². The van der Waals surface area contributed by atoms with Gasteiger partial charge in [0, 0.05) is 25.2 Å². The topological polar surface area (TPSA) is 136 Å². The van der Waals surface area contributed by atoms with Crippen LogP contribution in [0, 0.1) is 24.0 Å². The van der Waals surface area contributed by atoms with E-state index in [1.54, 1.807) is 27.7 Å². The molecule has 0 saturated carbocycles. The van der Waals surface area contributed by atoms with Gasteiger partial charge < -0.3 is 4.74 Å². The van der Waals surface area contributed by atoms with Crippen molar-refractivity contribution < 1.29 is 26.5 Å². The van der Waals surface area contributed by atoms with Crippen molar-refractivity contribution in [3.05, 3.63) is 51.6 Å². The average molecular weight is 472 g/mol. The lowest BCUT2D eigenvalue weighted by Gasteiger charge is -2.21. The van der Waals surface area contributed by atoms with Gasteiger partial charge in [-0.2, -0.15) is 4.31 Å². The number of aryl methyl sites for hydroxylation is 1. The fraction of sp³-hybridized carbons (Fsp3) is 0.368. The van der Waals surface area contributed by atoms with Crippen molar-refractivity contribution in [3.8, 4) is 5.75 Å². The zero-order valence-electron chi connectivity index (χ0n) is 17.9. The van der Waals surface area contributed by atoms with Crippen molar-refractivity contribution in [2.24, 2.45) is 0 Å². The van der Waals surface area contributed by atoms with E-state index >= 15 is 0 Å². The highest BCUT2D eigenvalue weighted by Gasteiger charge is 2.27. The molecular weight excluding hydrogens is 446 g/mol. The van der Waals surface area contributed by atoms with Crippen molar-refractivity contribution in [2.45, 2.75) is 37.5 Å². The summed E-state index contributed by atoms with van der Waals surface area (Å²) in [5, 5.41) is 11.1. The summed E-state index contributed by atoms with van der Waals surface area (Å²) in [6.07, 6.45) is 0. The van der Waals surface area contributed by atoms with Crippen LogP contribution < -0.4 is 9.46 Å². The highest BCUT2D eigenvalue weighted by Crippen LogP contribution is 2.32. The van der Waals surface area contributed by atoms with Gasteiger partial charge in [-0.05, 0) is 43.2 Å². The van der Waals surface area contributed by atoms with Crippen LogP contribution >= 0.6 is 0 Å². The Bertz CT molecular complexity index is 1210. The molecule has 0 aromatic heterocycles. The summed E-state index contributed by atoms with van der Waals surface area (Å²) in [6.45, 7) is 7.25. The highest BCUT2D eigenvalue weighted by atomic mass is 32.2. The first kappa shape index (κ1) is 24.6. The van der Waals surface area contributed by atoms with E-state index in [-0.39, 0.29) is 29.4 Å². The van der Waals surface area contributed by atoms with E-state index in [0.29, 0.717) is 11.1 Å². The molecule has 2 aromatic rings. The number of ether oxygens (including phenoxy) is 1. The molecule has 0 heterocycles. The summed E-state index contributed by atoms with van der Waals surface area (Å²) in [6, 6.07) is 5.93. The lowest BCUT2D eigenvalue weighted by molar-refractivity contribution is -0.385. The fourth-order valence-electron chi connectivity index (χ4n) is 2.98. The van der Waals surface area contributed by atoms with Crippen LogP contribution in [0.15, 0.2) is 40.1 Å². The Labute approximate surface area is 182 Å². The van der Waals surface area contributed by atoms with Crippen LogP contribution in [-0.4, -0.2) is 46.3 Å². The molecule has 0 amide bonds. The summed E-state index contributed by atoms with van der Waals surface area (Å²) < 4.78 is 60.6. The number of methoxy groups -OCH3 is 1. The molecule has 0 spiro atoms. The SMILES string of the molecule is CCN(CC)S(=O)(=O)c1cc(C)c(C)c(NS(=O)(=O)c2cc([N+](=O)[O-])ccc2OC)c1. The molecule has 0 saturated heterocycles. The second-order valence-electron chi connectivity index (χ2n) is 6.70. The summed E-state index contributed by atoms with van der Waals surface area (Å²) in [5.74, 6) is -0.0839. The second kappa shape index (κ2) is 9.20. The van der Waals surface area contributed by atoms with Crippen LogP contribution in [0.3, 0.4) is 0 Å². The molecule has 1 N–H and O–H groups in total. The number of nitro benzene ring substituents is 1. The standard InChI is InChI=1S/C19H25N3O7S2/c1-6-21(7-2)31(27,28)16-10-13(3)14(4)17(12-16)20-30(25,26)19-11-15(22(23)24)8-9-18(19)29-5/h8-12,20H,6-7H2,1-5H3. The Hall–Kier alpha value is -2.70. The molecule has 0 fully saturated rings. The Morgan fingerprint density at radius 2 is 1.68 bits per heavy atom. The van der Waals surface area contributed by atoms with Gasteiger partial charge in [-0.1, -0.05) is 13.8 Å². The summed E-state index contributed by atoms with van der Waals surface area (Å²) >= 11 is 0. The van der Waals surface area contributed by atoms with Crippen molar-refractivity contribution >= 4 is 31.4 Å². The third-order valence-electron chi connectivity index (χ3n) is 4.88. The molecule has 0 aliphatic carbocycles. The van der Waals surface area contributed by atoms with Gasteiger partial charge in [0.25, 0.3) is 15.7 Å². The minimum atomic E-state index is -4.33. The van der Waals surface area contributed by atoms with Crippen LogP contribution in [0.5, 0.6) is 5.75 Å². The molecule has 0 radical (unpaired) electrons. The molecule has 10 nitrogen and oxygen atoms in total. The van der Waals surface area contributed by atoms with E-state index in [4.69, 9.17) is 4.74 Å². The summed E-state index contributed by atoms with van der Waals surface area (Å²) in [4.78, 5) is 9.89. The van der Waals surface area contributed by atoms with Gasteiger partial charge >= 0.3 is 0 Å². The minimum Gasteiger partial charge on any atom is -0.495 e. The highest BCUT2D eigenvalue weighted by molar-refractivity contribution is 7.92. The lowest BCUT2D eigenvalue weighted by atomic mass is 10.1. The molecule has 0 atom stereocenters. The monoisotopic (exact) mass is 471 g/mol. The van der Waals surface area contributed by atoms with Crippen molar-refractivity contribution in [3.63, 3.8) is 0 Å². The van der Waals surface area contributed by atoms with Gasteiger partial charge in [0.05, 0.1) is 22.6 Å². The van der Waals surface area contributed by atoms with Gasteiger partial charge in [0.1, 0.15) is 10.6 Å². The van der Waals surface area contributed by atoms with Crippen molar-refractivity contribution in [1.29, 1.82) is 0 Å². The zero-order chi connectivity index (χ0) is 23.6. The summed E-state index contributed by atoms with van der Waals surface area (Å²) in [5.41, 5.74) is 0.717. The largest absolute Gasteiger partial charge is 0.495 e. The number of sulfonamides is 2. The molecule has 0 bridgehead atoms. The maximum atomic E-state index is 13.1. The van der Waals surface area contributed by atoms with Gasteiger partial charge in [0.2, 0.25) is 10.0 Å². The molecule has 0 aliphatic heterocycles. The third-order valence-corrected chi connectivity index (χ3v) is 8.29. The van der Waals surface area contributed by atoms with Crippen LogP contribution in [0.1, 0.15) is 25.0 Å². The van der Waals surface area contributed by atoms with Crippen molar-refractivity contribution in [1.82, 2.24) is 4.31 Å². The Kier molecular flexibility index (Phi) is 7.29. The van der Waals surface area contributed by atoms with Crippen LogP contribution in [-0.2, 0) is 20.0 Å². The maximum Gasteiger partial charge on any atom is 0.271 e. The van der Waals surface area contributed by atoms with E-state index in [0.717, 1.165) is 12.1 Å². The summed E-state index contributed by atoms with van der Waals surface area (Å²) in [7, 11) is -6.92. The zero-order valence-corrected chi connectivity index (χ0v) is 19.5. The molecule has 2 rings (SSSR count). The van der Waals surface area contributed by atoms with Crippen LogP contribution in [0.4, 0.5) is 11.4 Å². The molecule has 0 aliphatic rings. The van der Waals surface area contributed by atoms with E-state index in [9.17, 15) is 26.9 Å². The maximum absolute atomic E-state index is 13.1. The van der Waals surface area contributed by atoms with E-state index < -0.39 is 35.6 Å². The van der Waals surface area contributed by atoms with Crippen molar-refractivity contribution in [2.75, 3.05) is 24.9 Å². The normalized spacial score (nSPS) is 12.1. The lowest BCUT2D eigenvalue weighted by Crippen LogP contribution is -2.30. The number of nitro groups is 1. The van der Waals surface area contributed by atoms with E-state index in [1.165, 1.54) is 29.6 Å². The van der Waals surface area contributed by atoms with E-state index in [1.807, 2.05) is 0 Å². The minimum absolute atomic E-state index is 0.0528. The first-order valence-corrected chi connectivity index (χ1v) is 12.3. The molecule has 170 valence electrons. The second-order valence-corrected chi connectivity index (χ2v) is 10.3.